The van der Waals surface area contributed by atoms with Crippen LogP contribution in [0.25, 0.3) is 0 Å². The van der Waals surface area contributed by atoms with E-state index in [2.05, 4.69) is 36.5 Å². The van der Waals surface area contributed by atoms with E-state index in [-0.39, 0.29) is 17.9 Å². The summed E-state index contributed by atoms with van der Waals surface area (Å²) in [6, 6.07) is 15.2. The molecule has 0 saturated heterocycles. The maximum atomic E-state index is 13.1. The van der Waals surface area contributed by atoms with E-state index < -0.39 is 6.04 Å². The first-order valence-corrected chi connectivity index (χ1v) is 11.8. The number of nitrogens with one attached hydrogen (secondary N) is 1. The Morgan fingerprint density at radius 2 is 1.77 bits per heavy atom. The zero-order valence-corrected chi connectivity index (χ0v) is 19.7. The summed E-state index contributed by atoms with van der Waals surface area (Å²) in [5, 5.41) is 3.57. The molecule has 0 spiro atoms. The molecule has 0 aliphatic carbocycles. The van der Waals surface area contributed by atoms with Crippen LogP contribution in [0.2, 0.25) is 5.02 Å². The summed E-state index contributed by atoms with van der Waals surface area (Å²) in [6.07, 6.45) is 0.837. The average Bonchev–Trinajstić information content (AvgIpc) is 2.73. The van der Waals surface area contributed by atoms with Crippen molar-refractivity contribution in [3.8, 4) is 0 Å². The maximum Gasteiger partial charge on any atom is 0.242 e. The van der Waals surface area contributed by atoms with Gasteiger partial charge in [-0.15, -0.1) is 11.8 Å². The van der Waals surface area contributed by atoms with E-state index in [1.807, 2.05) is 32.0 Å². The molecule has 2 atom stereocenters. The van der Waals surface area contributed by atoms with Gasteiger partial charge in [0.25, 0.3) is 0 Å². The third-order valence-corrected chi connectivity index (χ3v) is 6.44. The predicted octanol–water partition coefficient (Wildman–Crippen LogP) is 5.21. The van der Waals surface area contributed by atoms with Crippen LogP contribution in [0.1, 0.15) is 43.9 Å². The number of halogens is 1. The molecule has 2 aromatic rings. The number of carbonyl (C=O) groups excluding carboxylic acids is 2. The highest BCUT2D eigenvalue weighted by atomic mass is 35.5. The quantitative estimate of drug-likeness (QED) is 0.544. The van der Waals surface area contributed by atoms with Crippen LogP contribution >= 0.6 is 23.4 Å². The van der Waals surface area contributed by atoms with Crippen molar-refractivity contribution in [1.82, 2.24) is 10.2 Å². The van der Waals surface area contributed by atoms with Gasteiger partial charge in [0.1, 0.15) is 6.04 Å². The van der Waals surface area contributed by atoms with Gasteiger partial charge in [0, 0.05) is 23.4 Å². The van der Waals surface area contributed by atoms with Crippen molar-refractivity contribution in [3.05, 3.63) is 70.2 Å². The molecule has 0 aliphatic heterocycles. The fourth-order valence-corrected chi connectivity index (χ4v) is 3.95. The van der Waals surface area contributed by atoms with E-state index in [0.29, 0.717) is 17.3 Å². The first-order chi connectivity index (χ1) is 14.3. The standard InChI is InChI=1S/C24H31ClN2O2S/c1-5-18(3)26-24(29)19(4)27(14-21-8-6-7-9-22(21)25)23(28)16-30-15-20-12-10-17(2)11-13-20/h6-13,18-19H,5,14-16H2,1-4H3,(H,26,29). The molecule has 1 N–H and O–H groups in total. The van der Waals surface area contributed by atoms with Gasteiger partial charge in [-0.1, -0.05) is 66.6 Å². The van der Waals surface area contributed by atoms with Crippen molar-refractivity contribution in [2.24, 2.45) is 0 Å². The highest BCUT2D eigenvalue weighted by molar-refractivity contribution is 7.99. The zero-order chi connectivity index (χ0) is 22.1. The number of amides is 2. The van der Waals surface area contributed by atoms with Crippen molar-refractivity contribution in [2.45, 2.75) is 58.5 Å². The monoisotopic (exact) mass is 446 g/mol. The number of rotatable bonds is 10. The molecule has 6 heteroatoms. The number of hydrogen-bond donors (Lipinski definition) is 1. The molecular formula is C24H31ClN2O2S. The Labute approximate surface area is 189 Å². The van der Waals surface area contributed by atoms with Gasteiger partial charge in [0.15, 0.2) is 0 Å². The van der Waals surface area contributed by atoms with Crippen LogP contribution in [-0.2, 0) is 21.9 Å². The molecule has 2 unspecified atom stereocenters. The second kappa shape index (κ2) is 12.0. The summed E-state index contributed by atoms with van der Waals surface area (Å²) < 4.78 is 0. The summed E-state index contributed by atoms with van der Waals surface area (Å²) >= 11 is 7.87. The Hall–Kier alpha value is -1.98. The highest BCUT2D eigenvalue weighted by Gasteiger charge is 2.27. The van der Waals surface area contributed by atoms with E-state index in [9.17, 15) is 9.59 Å². The molecule has 2 aromatic carbocycles. The molecule has 2 rings (SSSR count). The molecule has 0 heterocycles. The van der Waals surface area contributed by atoms with Gasteiger partial charge >= 0.3 is 0 Å². The summed E-state index contributed by atoms with van der Waals surface area (Å²) in [5.74, 6) is 0.839. The minimum atomic E-state index is -0.581. The van der Waals surface area contributed by atoms with Gasteiger partial charge in [-0.2, -0.15) is 0 Å². The SMILES string of the molecule is CCC(C)NC(=O)C(C)N(Cc1ccccc1Cl)C(=O)CSCc1ccc(C)cc1. The minimum Gasteiger partial charge on any atom is -0.352 e. The fraction of sp³-hybridized carbons (Fsp3) is 0.417. The molecule has 0 saturated carbocycles. The number of aryl methyl sites for hydroxylation is 1. The third kappa shape index (κ3) is 7.37. The number of nitrogens with zero attached hydrogens (tertiary/aromatic N) is 1. The average molecular weight is 447 g/mol. The van der Waals surface area contributed by atoms with Crippen molar-refractivity contribution in [2.75, 3.05) is 5.75 Å². The van der Waals surface area contributed by atoms with E-state index in [4.69, 9.17) is 11.6 Å². The van der Waals surface area contributed by atoms with Gasteiger partial charge in [-0.25, -0.2) is 0 Å². The van der Waals surface area contributed by atoms with Crippen LogP contribution < -0.4 is 5.32 Å². The van der Waals surface area contributed by atoms with Crippen molar-refractivity contribution in [3.63, 3.8) is 0 Å². The van der Waals surface area contributed by atoms with E-state index >= 15 is 0 Å². The van der Waals surface area contributed by atoms with Crippen LogP contribution in [0, 0.1) is 6.92 Å². The molecule has 0 aromatic heterocycles. The van der Waals surface area contributed by atoms with Crippen LogP contribution in [0.4, 0.5) is 0 Å². The number of carbonyl (C=O) groups is 2. The van der Waals surface area contributed by atoms with Crippen LogP contribution in [0.15, 0.2) is 48.5 Å². The van der Waals surface area contributed by atoms with E-state index in [1.54, 1.807) is 29.7 Å². The van der Waals surface area contributed by atoms with Gasteiger partial charge in [-0.05, 0) is 44.4 Å². The van der Waals surface area contributed by atoms with E-state index in [1.165, 1.54) is 11.1 Å². The van der Waals surface area contributed by atoms with Crippen molar-refractivity contribution < 1.29 is 9.59 Å². The van der Waals surface area contributed by atoms with Crippen LogP contribution in [-0.4, -0.2) is 34.6 Å². The Kier molecular flexibility index (Phi) is 9.73. The molecule has 0 fully saturated rings. The smallest absolute Gasteiger partial charge is 0.242 e. The molecular weight excluding hydrogens is 416 g/mol. The van der Waals surface area contributed by atoms with Gasteiger partial charge < -0.3 is 10.2 Å². The minimum absolute atomic E-state index is 0.0631. The molecule has 0 aliphatic rings. The number of benzene rings is 2. The number of thioether (sulfide) groups is 1. The first-order valence-electron chi connectivity index (χ1n) is 10.3. The van der Waals surface area contributed by atoms with Gasteiger partial charge in [-0.3, -0.25) is 9.59 Å². The van der Waals surface area contributed by atoms with Crippen molar-refractivity contribution >= 4 is 35.2 Å². The largest absolute Gasteiger partial charge is 0.352 e. The molecule has 2 amide bonds. The lowest BCUT2D eigenvalue weighted by atomic mass is 10.1. The summed E-state index contributed by atoms with van der Waals surface area (Å²) in [7, 11) is 0. The second-order valence-corrected chi connectivity index (χ2v) is 8.98. The van der Waals surface area contributed by atoms with Crippen molar-refractivity contribution in [1.29, 1.82) is 0 Å². The predicted molar refractivity (Wildman–Crippen MR) is 127 cm³/mol. The molecule has 4 nitrogen and oxygen atoms in total. The fourth-order valence-electron chi connectivity index (χ4n) is 2.88. The molecule has 162 valence electrons. The lowest BCUT2D eigenvalue weighted by Crippen LogP contribution is -2.50. The first kappa shape index (κ1) is 24.3. The normalized spacial score (nSPS) is 12.8. The maximum absolute atomic E-state index is 13.1. The van der Waals surface area contributed by atoms with Crippen LogP contribution in [0.5, 0.6) is 0 Å². The van der Waals surface area contributed by atoms with Gasteiger partial charge in [0.2, 0.25) is 11.8 Å². The van der Waals surface area contributed by atoms with Gasteiger partial charge in [0.05, 0.1) is 5.75 Å². The summed E-state index contributed by atoms with van der Waals surface area (Å²) in [4.78, 5) is 27.4. The Bertz CT molecular complexity index is 841. The summed E-state index contributed by atoms with van der Waals surface area (Å²) in [5.41, 5.74) is 3.23. The third-order valence-electron chi connectivity index (χ3n) is 5.08. The number of hydrogen-bond acceptors (Lipinski definition) is 3. The van der Waals surface area contributed by atoms with E-state index in [0.717, 1.165) is 17.7 Å². The molecule has 0 radical (unpaired) electrons. The second-order valence-electron chi connectivity index (χ2n) is 7.59. The topological polar surface area (TPSA) is 49.4 Å². The Morgan fingerprint density at radius 1 is 1.10 bits per heavy atom. The Balaban J connectivity index is 2.08. The highest BCUT2D eigenvalue weighted by Crippen LogP contribution is 2.20. The summed E-state index contributed by atoms with van der Waals surface area (Å²) in [6.45, 7) is 8.11. The zero-order valence-electron chi connectivity index (χ0n) is 18.2. The lowest BCUT2D eigenvalue weighted by molar-refractivity contribution is -0.138. The Morgan fingerprint density at radius 3 is 2.40 bits per heavy atom. The van der Waals surface area contributed by atoms with Crippen LogP contribution in [0.3, 0.4) is 0 Å². The lowest BCUT2D eigenvalue weighted by Gasteiger charge is -2.30. The molecule has 30 heavy (non-hydrogen) atoms. The molecule has 0 bridgehead atoms.